The fraction of sp³-hybridized carbons (Fsp3) is 0.179. The summed E-state index contributed by atoms with van der Waals surface area (Å²) in [4.78, 5) is 25.8. The summed E-state index contributed by atoms with van der Waals surface area (Å²) in [6.45, 7) is 0.554. The molecule has 2 atom stereocenters. The molecule has 250 valence electrons. The van der Waals surface area contributed by atoms with Gasteiger partial charge < -0.3 is 25.2 Å². The van der Waals surface area contributed by atoms with E-state index >= 15 is 0 Å². The maximum absolute atomic E-state index is 13.5. The van der Waals surface area contributed by atoms with E-state index in [1.165, 1.54) is 12.1 Å². The van der Waals surface area contributed by atoms with Crippen LogP contribution in [0.5, 0.6) is 17.2 Å². The third-order valence-electron chi connectivity index (χ3n) is 8.30. The van der Waals surface area contributed by atoms with Gasteiger partial charge in [0.2, 0.25) is 5.91 Å². The van der Waals surface area contributed by atoms with Gasteiger partial charge in [0.25, 0.3) is 0 Å². The van der Waals surface area contributed by atoms with Gasteiger partial charge in [0.05, 0.1) is 5.56 Å². The third kappa shape index (κ3) is 8.28. The average molecular weight is 667 g/mol. The number of hydrogen-bond acceptors (Lipinski definition) is 5. The van der Waals surface area contributed by atoms with Crippen molar-refractivity contribution in [2.75, 3.05) is 6.54 Å². The number of carbonyl (C=O) groups excluding carboxylic acids is 1. The van der Waals surface area contributed by atoms with Gasteiger partial charge in [-0.25, -0.2) is 4.79 Å². The van der Waals surface area contributed by atoms with Gasteiger partial charge in [-0.1, -0.05) is 78.9 Å². The summed E-state index contributed by atoms with van der Waals surface area (Å²) in [5.41, 5.74) is 3.89. The van der Waals surface area contributed by atoms with Crippen LogP contribution in [0.4, 0.5) is 13.2 Å². The highest BCUT2D eigenvalue weighted by Crippen LogP contribution is 2.34. The maximum atomic E-state index is 13.5. The average Bonchev–Trinajstić information content (AvgIpc) is 3.11. The Balaban J connectivity index is 1.11. The normalized spacial score (nSPS) is 14.7. The molecule has 6 rings (SSSR count). The highest BCUT2D eigenvalue weighted by atomic mass is 19.4. The molecular formula is C39H33F3N2O5. The van der Waals surface area contributed by atoms with E-state index in [-0.39, 0.29) is 13.0 Å². The van der Waals surface area contributed by atoms with Crippen LogP contribution in [0.15, 0.2) is 121 Å². The number of rotatable bonds is 11. The molecule has 5 aromatic carbocycles. The first-order valence-electron chi connectivity index (χ1n) is 15.7. The zero-order chi connectivity index (χ0) is 34.4. The number of halogens is 3. The van der Waals surface area contributed by atoms with E-state index in [1.54, 1.807) is 12.1 Å². The lowest BCUT2D eigenvalue weighted by Gasteiger charge is -2.28. The zero-order valence-corrected chi connectivity index (χ0v) is 26.2. The fourth-order valence-electron chi connectivity index (χ4n) is 5.73. The van der Waals surface area contributed by atoms with E-state index in [0.29, 0.717) is 41.3 Å². The van der Waals surface area contributed by atoms with Crippen LogP contribution in [0, 0.1) is 0 Å². The molecule has 1 heterocycles. The van der Waals surface area contributed by atoms with Crippen molar-refractivity contribution in [1.82, 2.24) is 10.6 Å². The molecule has 10 heteroatoms. The number of carbonyl (C=O) groups is 2. The number of hydrogen-bond donors (Lipinski definition) is 3. The largest absolute Gasteiger partial charge is 0.489 e. The summed E-state index contributed by atoms with van der Waals surface area (Å²) in [5, 5.41) is 15.9. The molecule has 49 heavy (non-hydrogen) atoms. The Morgan fingerprint density at radius 2 is 1.53 bits per heavy atom. The summed E-state index contributed by atoms with van der Waals surface area (Å²) in [7, 11) is 0. The minimum absolute atomic E-state index is 0.0345. The zero-order valence-electron chi connectivity index (χ0n) is 26.2. The Hall–Kier alpha value is -5.61. The summed E-state index contributed by atoms with van der Waals surface area (Å²) < 4.78 is 50.6. The number of amides is 1. The number of alkyl halides is 3. The fourth-order valence-corrected chi connectivity index (χ4v) is 5.73. The van der Waals surface area contributed by atoms with Gasteiger partial charge in [-0.15, -0.1) is 0 Å². The van der Waals surface area contributed by atoms with Crippen LogP contribution < -0.4 is 20.1 Å². The Morgan fingerprint density at radius 1 is 0.837 bits per heavy atom. The molecule has 0 fully saturated rings. The molecule has 3 N–H and O–H groups in total. The highest BCUT2D eigenvalue weighted by molar-refractivity contribution is 5.88. The van der Waals surface area contributed by atoms with E-state index in [1.807, 2.05) is 84.9 Å². The SMILES string of the molecule is O=C(N[C@@H](Cc1ccc(-c2ccccc2Oc2ccccc2)cc1)C(=O)O)C1NCCc2ccc(OCc3ccc(C(F)(F)F)cc3)cc21. The number of para-hydroxylation sites is 2. The van der Waals surface area contributed by atoms with Crippen molar-refractivity contribution in [2.45, 2.75) is 37.7 Å². The monoisotopic (exact) mass is 666 g/mol. The second kappa shape index (κ2) is 14.7. The van der Waals surface area contributed by atoms with Gasteiger partial charge in [-0.05, 0) is 76.7 Å². The van der Waals surface area contributed by atoms with Crippen molar-refractivity contribution in [3.05, 3.63) is 149 Å². The molecule has 0 saturated heterocycles. The molecule has 1 aliphatic rings. The van der Waals surface area contributed by atoms with Crippen LogP contribution in [0.1, 0.15) is 33.9 Å². The molecule has 7 nitrogen and oxygen atoms in total. The van der Waals surface area contributed by atoms with Crippen molar-refractivity contribution in [2.24, 2.45) is 0 Å². The molecule has 5 aromatic rings. The summed E-state index contributed by atoms with van der Waals surface area (Å²) in [6, 6.07) is 32.6. The number of fused-ring (bicyclic) bond motifs is 1. The third-order valence-corrected chi connectivity index (χ3v) is 8.30. The van der Waals surface area contributed by atoms with Gasteiger partial charge >= 0.3 is 12.1 Å². The molecule has 1 unspecified atom stereocenters. The van der Waals surface area contributed by atoms with Crippen molar-refractivity contribution >= 4 is 11.9 Å². The van der Waals surface area contributed by atoms with Crippen molar-refractivity contribution in [3.8, 4) is 28.4 Å². The molecule has 0 aromatic heterocycles. The van der Waals surface area contributed by atoms with Gasteiger partial charge in [-0.2, -0.15) is 13.2 Å². The number of ether oxygens (including phenoxy) is 2. The second-order valence-corrected chi connectivity index (χ2v) is 11.7. The number of carboxylic acids is 1. The Labute approximate surface area is 281 Å². The highest BCUT2D eigenvalue weighted by Gasteiger charge is 2.31. The smallest absolute Gasteiger partial charge is 0.416 e. The predicted molar refractivity (Wildman–Crippen MR) is 178 cm³/mol. The molecule has 0 radical (unpaired) electrons. The number of nitrogens with one attached hydrogen (secondary N) is 2. The van der Waals surface area contributed by atoms with E-state index in [0.717, 1.165) is 34.4 Å². The first-order chi connectivity index (χ1) is 23.6. The van der Waals surface area contributed by atoms with Gasteiger partial charge in [-0.3, -0.25) is 4.79 Å². The number of carboxylic acid groups (broad SMARTS) is 1. The van der Waals surface area contributed by atoms with Crippen LogP contribution in [0.25, 0.3) is 11.1 Å². The molecule has 1 amide bonds. The van der Waals surface area contributed by atoms with E-state index < -0.39 is 35.7 Å². The van der Waals surface area contributed by atoms with Gasteiger partial charge in [0, 0.05) is 18.5 Å². The first-order valence-corrected chi connectivity index (χ1v) is 15.7. The Bertz CT molecular complexity index is 1910. The molecule has 0 bridgehead atoms. The van der Waals surface area contributed by atoms with Crippen LogP contribution in [-0.4, -0.2) is 29.6 Å². The van der Waals surface area contributed by atoms with Crippen molar-refractivity contribution < 1.29 is 37.3 Å². The number of aliphatic carboxylic acids is 1. The lowest BCUT2D eigenvalue weighted by Crippen LogP contribution is -2.48. The molecular weight excluding hydrogens is 633 g/mol. The Kier molecular flexibility index (Phi) is 9.96. The minimum Gasteiger partial charge on any atom is -0.489 e. The summed E-state index contributed by atoms with van der Waals surface area (Å²) in [5.74, 6) is 0.181. The molecule has 0 saturated carbocycles. The Morgan fingerprint density at radius 3 is 2.24 bits per heavy atom. The van der Waals surface area contributed by atoms with Gasteiger partial charge in [0.1, 0.15) is 35.9 Å². The van der Waals surface area contributed by atoms with Crippen LogP contribution in [-0.2, 0) is 35.2 Å². The standard InChI is InChI=1S/C39H33F3N2O5/c40-39(41,42)29-17-12-26(13-18-29)24-48-31-19-16-28-20-21-43-36(33(28)23-31)37(45)44-34(38(46)47)22-25-10-14-27(15-11-25)32-8-4-5-9-35(32)49-30-6-2-1-3-7-30/h1-19,23,34,36,43H,20-22,24H2,(H,44,45)(H,46,47)/t34-,36?/m0/s1. The first kappa shape index (κ1) is 33.3. The van der Waals surface area contributed by atoms with E-state index in [2.05, 4.69) is 10.6 Å². The van der Waals surface area contributed by atoms with E-state index in [4.69, 9.17) is 9.47 Å². The minimum atomic E-state index is -4.42. The van der Waals surface area contributed by atoms with Crippen LogP contribution >= 0.6 is 0 Å². The van der Waals surface area contributed by atoms with Crippen molar-refractivity contribution in [1.29, 1.82) is 0 Å². The van der Waals surface area contributed by atoms with Crippen LogP contribution in [0.2, 0.25) is 0 Å². The summed E-state index contributed by atoms with van der Waals surface area (Å²) >= 11 is 0. The lowest BCUT2D eigenvalue weighted by molar-refractivity contribution is -0.142. The number of benzene rings is 5. The maximum Gasteiger partial charge on any atom is 0.416 e. The summed E-state index contributed by atoms with van der Waals surface area (Å²) in [6.07, 6.45) is -3.69. The molecule has 0 spiro atoms. The quantitative estimate of drug-likeness (QED) is 0.134. The second-order valence-electron chi connectivity index (χ2n) is 11.7. The van der Waals surface area contributed by atoms with Gasteiger partial charge in [0.15, 0.2) is 0 Å². The molecule has 1 aliphatic heterocycles. The molecule has 0 aliphatic carbocycles. The topological polar surface area (TPSA) is 96.9 Å². The van der Waals surface area contributed by atoms with E-state index in [9.17, 15) is 27.9 Å². The lowest BCUT2D eigenvalue weighted by atomic mass is 9.93. The predicted octanol–water partition coefficient (Wildman–Crippen LogP) is 7.74. The van der Waals surface area contributed by atoms with Crippen LogP contribution in [0.3, 0.4) is 0 Å². The van der Waals surface area contributed by atoms with Crippen molar-refractivity contribution in [3.63, 3.8) is 0 Å².